The van der Waals surface area contributed by atoms with Crippen LogP contribution in [0.15, 0.2) is 18.2 Å². The summed E-state index contributed by atoms with van der Waals surface area (Å²) in [6.07, 6.45) is 3.18. The summed E-state index contributed by atoms with van der Waals surface area (Å²) in [7, 11) is -3.48. The number of sulfonamides is 1. The molecule has 7 nitrogen and oxygen atoms in total. The number of nitrogens with one attached hydrogen (secondary N) is 1. The van der Waals surface area contributed by atoms with Crippen molar-refractivity contribution < 1.29 is 31.8 Å². The van der Waals surface area contributed by atoms with Crippen LogP contribution >= 0.6 is 0 Å². The van der Waals surface area contributed by atoms with Gasteiger partial charge in [0.25, 0.3) is 0 Å². The van der Waals surface area contributed by atoms with E-state index in [4.69, 9.17) is 4.74 Å². The largest absolute Gasteiger partial charge is 0.465 e. The van der Waals surface area contributed by atoms with Crippen LogP contribution in [0.4, 0.5) is 13.6 Å². The third kappa shape index (κ3) is 5.47. The van der Waals surface area contributed by atoms with E-state index in [-0.39, 0.29) is 24.7 Å². The number of carboxylic acid groups (broad SMARTS) is 1. The van der Waals surface area contributed by atoms with E-state index in [9.17, 15) is 27.1 Å². The maximum absolute atomic E-state index is 13.5. The van der Waals surface area contributed by atoms with Gasteiger partial charge in [0.2, 0.25) is 10.0 Å². The fourth-order valence-electron chi connectivity index (χ4n) is 4.65. The fourth-order valence-corrected chi connectivity index (χ4v) is 5.45. The lowest BCUT2D eigenvalue weighted by molar-refractivity contribution is -0.00703. The first kappa shape index (κ1) is 22.9. The Morgan fingerprint density at radius 3 is 2.47 bits per heavy atom. The van der Waals surface area contributed by atoms with Crippen molar-refractivity contribution in [2.75, 3.05) is 12.9 Å². The number of rotatable bonds is 6. The summed E-state index contributed by atoms with van der Waals surface area (Å²) in [5.41, 5.74) is 0.770. The average molecular weight is 447 g/mol. The minimum Gasteiger partial charge on any atom is -0.465 e. The number of halogens is 2. The Labute approximate surface area is 175 Å². The van der Waals surface area contributed by atoms with Crippen LogP contribution in [0.3, 0.4) is 0 Å². The Hall–Kier alpha value is -1.78. The number of likely N-dealkylation sites (tertiary alicyclic amines) is 1. The van der Waals surface area contributed by atoms with Gasteiger partial charge in [0.1, 0.15) is 0 Å². The molecule has 1 saturated carbocycles. The highest BCUT2D eigenvalue weighted by Gasteiger charge is 2.43. The molecule has 1 aliphatic carbocycles. The van der Waals surface area contributed by atoms with Gasteiger partial charge in [0.15, 0.2) is 11.6 Å². The van der Waals surface area contributed by atoms with E-state index >= 15 is 0 Å². The molecule has 0 spiro atoms. The van der Waals surface area contributed by atoms with Crippen molar-refractivity contribution in [3.63, 3.8) is 0 Å². The van der Waals surface area contributed by atoms with Gasteiger partial charge in [0.05, 0.1) is 25.0 Å². The molecule has 2 aliphatic rings. The van der Waals surface area contributed by atoms with Crippen molar-refractivity contribution in [1.29, 1.82) is 0 Å². The highest BCUT2D eigenvalue weighted by atomic mass is 32.2. The Kier molecular flexibility index (Phi) is 6.98. The van der Waals surface area contributed by atoms with Crippen molar-refractivity contribution in [3.8, 4) is 0 Å². The Bertz CT molecular complexity index is 874. The maximum atomic E-state index is 13.5. The van der Waals surface area contributed by atoms with Crippen LogP contribution in [0.5, 0.6) is 0 Å². The summed E-state index contributed by atoms with van der Waals surface area (Å²) in [6, 6.07) is 2.54. The average Bonchev–Trinajstić information content (AvgIpc) is 2.96. The molecule has 3 rings (SSSR count). The van der Waals surface area contributed by atoms with Crippen LogP contribution in [-0.2, 0) is 14.8 Å². The van der Waals surface area contributed by atoms with Crippen molar-refractivity contribution in [1.82, 2.24) is 9.62 Å². The molecule has 2 fully saturated rings. The second-order valence-corrected chi connectivity index (χ2v) is 10.1. The van der Waals surface area contributed by atoms with Gasteiger partial charge in [-0.25, -0.2) is 26.7 Å². The highest BCUT2D eigenvalue weighted by molar-refractivity contribution is 7.88. The first-order chi connectivity index (χ1) is 14.0. The summed E-state index contributed by atoms with van der Waals surface area (Å²) >= 11 is 0. The predicted octanol–water partition coefficient (Wildman–Crippen LogP) is 3.07. The fraction of sp³-hybridized carbons (Fsp3) is 0.650. The summed E-state index contributed by atoms with van der Waals surface area (Å²) in [5, 5.41) is 9.55. The molecule has 30 heavy (non-hydrogen) atoms. The molecule has 0 bridgehead atoms. The molecule has 1 saturated heterocycles. The summed E-state index contributed by atoms with van der Waals surface area (Å²) in [5.74, 6) is -1.58. The van der Waals surface area contributed by atoms with Gasteiger partial charge in [-0.2, -0.15) is 0 Å². The third-order valence-electron chi connectivity index (χ3n) is 6.07. The quantitative estimate of drug-likeness (QED) is 0.700. The number of ether oxygens (including phenoxy) is 1. The molecule has 1 aromatic carbocycles. The van der Waals surface area contributed by atoms with E-state index < -0.39 is 39.8 Å². The molecular weight excluding hydrogens is 418 g/mol. The monoisotopic (exact) mass is 446 g/mol. The zero-order valence-corrected chi connectivity index (χ0v) is 17.9. The molecule has 10 heteroatoms. The number of nitrogens with zero attached hydrogens (tertiary/aromatic N) is 1. The molecule has 1 aliphatic heterocycles. The topological polar surface area (TPSA) is 95.9 Å². The van der Waals surface area contributed by atoms with Crippen LogP contribution in [0.2, 0.25) is 0 Å². The van der Waals surface area contributed by atoms with E-state index in [0.29, 0.717) is 19.3 Å². The van der Waals surface area contributed by atoms with Gasteiger partial charge in [-0.05, 0) is 62.6 Å². The van der Waals surface area contributed by atoms with E-state index in [1.807, 2.05) is 0 Å². The second kappa shape index (κ2) is 9.15. The molecule has 168 valence electrons. The molecule has 3 atom stereocenters. The first-order valence-corrected chi connectivity index (χ1v) is 12.0. The maximum Gasteiger partial charge on any atom is 0.407 e. The van der Waals surface area contributed by atoms with Gasteiger partial charge in [-0.3, -0.25) is 4.90 Å². The summed E-state index contributed by atoms with van der Waals surface area (Å²) in [4.78, 5) is 12.9. The third-order valence-corrected chi connectivity index (χ3v) is 6.80. The molecule has 2 N–H and O–H groups in total. The second-order valence-electron chi connectivity index (χ2n) is 8.32. The van der Waals surface area contributed by atoms with Gasteiger partial charge in [0, 0.05) is 12.1 Å². The number of carbonyl (C=O) groups is 1. The van der Waals surface area contributed by atoms with Crippen LogP contribution < -0.4 is 4.72 Å². The van der Waals surface area contributed by atoms with E-state index in [2.05, 4.69) is 4.72 Å². The lowest BCUT2D eigenvalue weighted by atomic mass is 9.82. The minimum atomic E-state index is -3.48. The minimum absolute atomic E-state index is 0.0861. The summed E-state index contributed by atoms with van der Waals surface area (Å²) < 4.78 is 58.5. The van der Waals surface area contributed by atoms with E-state index in [1.165, 1.54) is 11.0 Å². The molecular formula is C20H28F2N2O5S. The van der Waals surface area contributed by atoms with Crippen LogP contribution in [-0.4, -0.2) is 61.6 Å². The molecule has 1 aromatic rings. The van der Waals surface area contributed by atoms with Gasteiger partial charge >= 0.3 is 6.09 Å². The molecule has 1 amide bonds. The van der Waals surface area contributed by atoms with Gasteiger partial charge in [-0.15, -0.1) is 0 Å². The number of amides is 1. The number of hydrogen-bond donors (Lipinski definition) is 2. The zero-order valence-electron chi connectivity index (χ0n) is 17.1. The lowest BCUT2D eigenvalue weighted by Crippen LogP contribution is -2.50. The Morgan fingerprint density at radius 2 is 1.90 bits per heavy atom. The Morgan fingerprint density at radius 1 is 1.23 bits per heavy atom. The Balaban J connectivity index is 1.58. The lowest BCUT2D eigenvalue weighted by Gasteiger charge is -2.32. The smallest absolute Gasteiger partial charge is 0.407 e. The van der Waals surface area contributed by atoms with Gasteiger partial charge < -0.3 is 9.84 Å². The zero-order chi connectivity index (χ0) is 22.1. The molecule has 0 aromatic heterocycles. The van der Waals surface area contributed by atoms with Gasteiger partial charge in [-0.1, -0.05) is 6.07 Å². The predicted molar refractivity (Wildman–Crippen MR) is 107 cm³/mol. The molecule has 0 radical (unpaired) electrons. The normalized spacial score (nSPS) is 29.9. The standard InChI is InChI=1S/C20H28F2N2O5S/c1-12-9-18(23-30(2,27)28)19(24(12)20(25)26)11-29-15-6-3-13(4-7-15)14-5-8-16(21)17(22)10-14/h5,8,10,12-13,15,18-19,23H,3-4,6-7,9,11H2,1-2H3,(H,25,26)/t12-,13?,15?,18+,19+/m1/s1. The van der Waals surface area contributed by atoms with Crippen molar-refractivity contribution >= 4 is 16.1 Å². The van der Waals surface area contributed by atoms with Crippen LogP contribution in [0.1, 0.15) is 50.5 Å². The number of benzene rings is 1. The van der Waals surface area contributed by atoms with E-state index in [0.717, 1.165) is 30.7 Å². The van der Waals surface area contributed by atoms with E-state index in [1.54, 1.807) is 13.0 Å². The van der Waals surface area contributed by atoms with Crippen LogP contribution in [0.25, 0.3) is 0 Å². The van der Waals surface area contributed by atoms with Crippen LogP contribution in [0, 0.1) is 11.6 Å². The van der Waals surface area contributed by atoms with Crippen molar-refractivity contribution in [2.24, 2.45) is 0 Å². The van der Waals surface area contributed by atoms with Crippen molar-refractivity contribution in [3.05, 3.63) is 35.4 Å². The summed E-state index contributed by atoms with van der Waals surface area (Å²) in [6.45, 7) is 1.85. The molecule has 1 heterocycles. The first-order valence-electron chi connectivity index (χ1n) is 10.1. The SMILES string of the molecule is C[C@@H]1C[C@H](NS(C)(=O)=O)[C@H](COC2CCC(c3ccc(F)c(F)c3)CC2)N1C(=O)O. The number of hydrogen-bond acceptors (Lipinski definition) is 4. The molecule has 0 unspecified atom stereocenters. The van der Waals surface area contributed by atoms with Crippen molar-refractivity contribution in [2.45, 2.75) is 69.2 Å². The highest BCUT2D eigenvalue weighted by Crippen LogP contribution is 2.35.